The van der Waals surface area contributed by atoms with E-state index in [1.54, 1.807) is 0 Å². The van der Waals surface area contributed by atoms with Crippen LogP contribution in [0.4, 0.5) is 17.1 Å². The number of hydrogen-bond acceptors (Lipinski definition) is 4. The second kappa shape index (κ2) is 9.77. The highest BCUT2D eigenvalue weighted by molar-refractivity contribution is 7.26. The lowest BCUT2D eigenvalue weighted by Gasteiger charge is -2.26. The maximum Gasteiger partial charge on any atom is 0.0894 e. The van der Waals surface area contributed by atoms with E-state index in [9.17, 15) is 0 Å². The van der Waals surface area contributed by atoms with Gasteiger partial charge in [0.25, 0.3) is 0 Å². The summed E-state index contributed by atoms with van der Waals surface area (Å²) in [6, 6.07) is 50.4. The summed E-state index contributed by atoms with van der Waals surface area (Å²) in [5, 5.41) is 6.27. The molecule has 6 aromatic carbocycles. The largest absolute Gasteiger partial charge is 0.310 e. The van der Waals surface area contributed by atoms with Crippen molar-refractivity contribution in [2.24, 2.45) is 0 Å². The molecule has 9 aromatic rings. The standard InChI is InChI=1S/C39H24N2S2/c1-2-8-25(9-3-1)26-14-16-28(17-15-26)41(29-18-20-33-32-12-6-7-13-35(32)42-36(33)22-29)30-19-21-34-37(23-30)43-39-31-11-5-4-10-27(31)24-40-38(34)39/h1-24H. The molecule has 0 aliphatic heterocycles. The van der Waals surface area contributed by atoms with E-state index in [-0.39, 0.29) is 0 Å². The van der Waals surface area contributed by atoms with Crippen molar-refractivity contribution in [3.8, 4) is 11.1 Å². The Kier molecular flexibility index (Phi) is 5.58. The summed E-state index contributed by atoms with van der Waals surface area (Å²) in [5.41, 5.74) is 6.92. The third-order valence-electron chi connectivity index (χ3n) is 8.30. The molecule has 2 nitrogen and oxygen atoms in total. The molecule has 0 aliphatic rings. The number of benzene rings is 6. The fraction of sp³-hybridized carbons (Fsp3) is 0. The number of fused-ring (bicyclic) bond motifs is 8. The molecule has 3 aromatic heterocycles. The van der Waals surface area contributed by atoms with Gasteiger partial charge in [-0.05, 0) is 59.7 Å². The van der Waals surface area contributed by atoms with Gasteiger partial charge in [-0.1, -0.05) is 91.0 Å². The minimum atomic E-state index is 1.08. The van der Waals surface area contributed by atoms with Crippen molar-refractivity contribution < 1.29 is 0 Å². The Balaban J connectivity index is 1.23. The first-order chi connectivity index (χ1) is 21.3. The van der Waals surface area contributed by atoms with E-state index in [0.717, 1.165) is 22.6 Å². The summed E-state index contributed by atoms with van der Waals surface area (Å²) < 4.78 is 5.10. The van der Waals surface area contributed by atoms with E-state index in [1.807, 2.05) is 28.9 Å². The van der Waals surface area contributed by atoms with Gasteiger partial charge in [-0.2, -0.15) is 0 Å². The second-order valence-corrected chi connectivity index (χ2v) is 13.0. The summed E-state index contributed by atoms with van der Waals surface area (Å²) in [4.78, 5) is 7.26. The maximum atomic E-state index is 4.88. The topological polar surface area (TPSA) is 16.1 Å². The molecule has 0 spiro atoms. The predicted octanol–water partition coefficient (Wildman–Crippen LogP) is 12.1. The van der Waals surface area contributed by atoms with Crippen LogP contribution in [0.25, 0.3) is 62.4 Å². The van der Waals surface area contributed by atoms with Crippen molar-refractivity contribution in [1.82, 2.24) is 4.98 Å². The number of rotatable bonds is 4. The molecule has 3 heterocycles. The molecule has 0 fully saturated rings. The van der Waals surface area contributed by atoms with Crippen LogP contribution in [0.1, 0.15) is 0 Å². The molecule has 0 bridgehead atoms. The zero-order chi connectivity index (χ0) is 28.3. The molecule has 0 aliphatic carbocycles. The fourth-order valence-corrected chi connectivity index (χ4v) is 8.57. The number of thiophene rings is 2. The van der Waals surface area contributed by atoms with Crippen molar-refractivity contribution in [1.29, 1.82) is 0 Å². The van der Waals surface area contributed by atoms with Gasteiger partial charge in [-0.15, -0.1) is 22.7 Å². The molecule has 0 unspecified atom stereocenters. The van der Waals surface area contributed by atoms with Crippen LogP contribution in [-0.2, 0) is 0 Å². The summed E-state index contributed by atoms with van der Waals surface area (Å²) in [6.45, 7) is 0. The lowest BCUT2D eigenvalue weighted by Crippen LogP contribution is -2.09. The number of aromatic nitrogens is 1. The molecule has 202 valence electrons. The van der Waals surface area contributed by atoms with E-state index in [1.165, 1.54) is 56.9 Å². The molecule has 0 radical (unpaired) electrons. The minimum Gasteiger partial charge on any atom is -0.310 e. The van der Waals surface area contributed by atoms with Crippen molar-refractivity contribution >= 4 is 91.0 Å². The van der Waals surface area contributed by atoms with Crippen molar-refractivity contribution in [3.63, 3.8) is 0 Å². The van der Waals surface area contributed by atoms with Crippen molar-refractivity contribution in [2.45, 2.75) is 0 Å². The van der Waals surface area contributed by atoms with Gasteiger partial charge in [0.05, 0.1) is 10.2 Å². The van der Waals surface area contributed by atoms with Crippen LogP contribution < -0.4 is 4.90 Å². The SMILES string of the molecule is c1ccc(-c2ccc(N(c3ccc4c(c3)sc3ccccc34)c3ccc4c(c3)sc3c5ccccc5cnc43)cc2)cc1. The molecule has 4 heteroatoms. The number of hydrogen-bond donors (Lipinski definition) is 0. The van der Waals surface area contributed by atoms with Crippen molar-refractivity contribution in [3.05, 3.63) is 146 Å². The lowest BCUT2D eigenvalue weighted by molar-refractivity contribution is 1.30. The number of anilines is 3. The quantitative estimate of drug-likeness (QED) is 0.205. The van der Waals surface area contributed by atoms with Crippen LogP contribution in [0.3, 0.4) is 0 Å². The van der Waals surface area contributed by atoms with Gasteiger partial charge in [-0.3, -0.25) is 4.98 Å². The van der Waals surface area contributed by atoms with E-state index < -0.39 is 0 Å². The Morgan fingerprint density at radius 3 is 1.86 bits per heavy atom. The van der Waals surface area contributed by atoms with Gasteiger partial charge in [0.1, 0.15) is 0 Å². The summed E-state index contributed by atoms with van der Waals surface area (Å²) in [5.74, 6) is 0. The van der Waals surface area contributed by atoms with Crippen LogP contribution in [0.5, 0.6) is 0 Å². The molecule has 0 amide bonds. The summed E-state index contributed by atoms with van der Waals surface area (Å²) >= 11 is 3.69. The number of pyridine rings is 1. The van der Waals surface area contributed by atoms with Gasteiger partial charge in [0, 0.05) is 64.3 Å². The van der Waals surface area contributed by atoms with E-state index in [2.05, 4.69) is 144 Å². The van der Waals surface area contributed by atoms with Crippen LogP contribution in [-0.4, -0.2) is 4.98 Å². The fourth-order valence-electron chi connectivity index (χ4n) is 6.21. The van der Waals surface area contributed by atoms with Gasteiger partial charge in [0.15, 0.2) is 0 Å². The predicted molar refractivity (Wildman–Crippen MR) is 188 cm³/mol. The summed E-state index contributed by atoms with van der Waals surface area (Å²) in [7, 11) is 0. The third-order valence-corrected chi connectivity index (χ3v) is 10.6. The average molecular weight is 585 g/mol. The van der Waals surface area contributed by atoms with Crippen LogP contribution >= 0.6 is 22.7 Å². The first-order valence-corrected chi connectivity index (χ1v) is 16.0. The monoisotopic (exact) mass is 584 g/mol. The zero-order valence-corrected chi connectivity index (χ0v) is 24.7. The van der Waals surface area contributed by atoms with Crippen LogP contribution in [0.2, 0.25) is 0 Å². The van der Waals surface area contributed by atoms with Crippen LogP contribution in [0.15, 0.2) is 146 Å². The Bertz CT molecular complexity index is 2450. The lowest BCUT2D eigenvalue weighted by atomic mass is 10.0. The van der Waals surface area contributed by atoms with Gasteiger partial charge < -0.3 is 4.90 Å². The average Bonchev–Trinajstić information content (AvgIpc) is 3.63. The first kappa shape index (κ1) is 24.6. The first-order valence-electron chi connectivity index (χ1n) is 14.4. The Morgan fingerprint density at radius 2 is 1.05 bits per heavy atom. The Morgan fingerprint density at radius 1 is 0.442 bits per heavy atom. The van der Waals surface area contributed by atoms with Gasteiger partial charge >= 0.3 is 0 Å². The van der Waals surface area contributed by atoms with E-state index in [4.69, 9.17) is 4.98 Å². The molecule has 0 N–H and O–H groups in total. The second-order valence-electron chi connectivity index (χ2n) is 10.8. The minimum absolute atomic E-state index is 1.08. The van der Waals surface area contributed by atoms with Crippen molar-refractivity contribution in [2.75, 3.05) is 4.90 Å². The normalized spacial score (nSPS) is 11.7. The third kappa shape index (κ3) is 4.03. The highest BCUT2D eigenvalue weighted by Crippen LogP contribution is 2.44. The van der Waals surface area contributed by atoms with Gasteiger partial charge in [0.2, 0.25) is 0 Å². The van der Waals surface area contributed by atoms with Gasteiger partial charge in [-0.25, -0.2) is 0 Å². The zero-order valence-electron chi connectivity index (χ0n) is 23.1. The Hall–Kier alpha value is -5.03. The van der Waals surface area contributed by atoms with E-state index in [0.29, 0.717) is 0 Å². The molecule has 43 heavy (non-hydrogen) atoms. The molecule has 0 saturated heterocycles. The molecule has 0 atom stereocenters. The smallest absolute Gasteiger partial charge is 0.0894 e. The maximum absolute atomic E-state index is 4.88. The molecular formula is C39H24N2S2. The highest BCUT2D eigenvalue weighted by Gasteiger charge is 2.17. The Labute approximate surface area is 256 Å². The summed E-state index contributed by atoms with van der Waals surface area (Å²) in [6.07, 6.45) is 2.00. The molecule has 0 saturated carbocycles. The molecule has 9 rings (SSSR count). The van der Waals surface area contributed by atoms with Crippen LogP contribution in [0, 0.1) is 0 Å². The molecular weight excluding hydrogens is 561 g/mol. The highest BCUT2D eigenvalue weighted by atomic mass is 32.1. The van der Waals surface area contributed by atoms with E-state index >= 15 is 0 Å². The number of nitrogens with zero attached hydrogens (tertiary/aromatic N) is 2.